The first-order valence-corrected chi connectivity index (χ1v) is 6.39. The average Bonchev–Trinajstić information content (AvgIpc) is 2.44. The van der Waals surface area contributed by atoms with Crippen LogP contribution in [0.3, 0.4) is 0 Å². The zero-order valence-corrected chi connectivity index (χ0v) is 11.5. The number of hydrogen-bond acceptors (Lipinski definition) is 3. The summed E-state index contributed by atoms with van der Waals surface area (Å²) in [6.45, 7) is 4.24. The van der Waals surface area contributed by atoms with E-state index in [1.54, 1.807) is 26.0 Å². The molecule has 0 radical (unpaired) electrons. The van der Waals surface area contributed by atoms with Gasteiger partial charge in [0.05, 0.1) is 17.7 Å². The summed E-state index contributed by atoms with van der Waals surface area (Å²) in [5.41, 5.74) is 0.0259. The van der Waals surface area contributed by atoms with Crippen LogP contribution >= 0.6 is 0 Å². The Labute approximate surface area is 117 Å². The van der Waals surface area contributed by atoms with Crippen molar-refractivity contribution in [2.75, 3.05) is 19.6 Å². The monoisotopic (exact) mass is 278 g/mol. The zero-order chi connectivity index (χ0) is 15.1. The Morgan fingerprint density at radius 2 is 1.75 bits per heavy atom. The first-order chi connectivity index (χ1) is 9.51. The number of hydrogen-bond donors (Lipinski definition) is 2. The van der Waals surface area contributed by atoms with Crippen molar-refractivity contribution in [1.29, 1.82) is 0 Å². The van der Waals surface area contributed by atoms with Crippen LogP contribution in [0.2, 0.25) is 0 Å². The van der Waals surface area contributed by atoms with Crippen LogP contribution in [-0.2, 0) is 4.79 Å². The molecule has 0 fully saturated rings. The number of amides is 2. The zero-order valence-electron chi connectivity index (χ0n) is 11.5. The summed E-state index contributed by atoms with van der Waals surface area (Å²) in [4.78, 5) is 36.3. The highest BCUT2D eigenvalue weighted by molar-refractivity contribution is 6.05. The van der Waals surface area contributed by atoms with E-state index in [1.165, 1.54) is 17.0 Å². The summed E-state index contributed by atoms with van der Waals surface area (Å²) in [5.74, 6) is -1.89. The van der Waals surface area contributed by atoms with Crippen LogP contribution in [0.4, 0.5) is 0 Å². The van der Waals surface area contributed by atoms with E-state index in [1.807, 2.05) is 0 Å². The fraction of sp³-hybridized carbons (Fsp3) is 0.357. The maximum atomic E-state index is 12.3. The second-order valence-electron chi connectivity index (χ2n) is 4.12. The van der Waals surface area contributed by atoms with Crippen LogP contribution in [-0.4, -0.2) is 47.4 Å². The third-order valence-corrected chi connectivity index (χ3v) is 2.77. The molecule has 0 atom stereocenters. The van der Waals surface area contributed by atoms with E-state index < -0.39 is 11.9 Å². The van der Waals surface area contributed by atoms with Crippen LogP contribution in [0.1, 0.15) is 34.6 Å². The molecule has 1 aromatic rings. The number of carbonyl (C=O) groups excluding carboxylic acids is 2. The summed E-state index contributed by atoms with van der Waals surface area (Å²) in [5, 5.41) is 11.7. The molecule has 1 rings (SSSR count). The predicted octanol–water partition coefficient (Wildman–Crippen LogP) is 0.983. The van der Waals surface area contributed by atoms with E-state index in [9.17, 15) is 14.4 Å². The molecule has 0 aromatic heterocycles. The Balaban J connectivity index is 2.97. The van der Waals surface area contributed by atoms with Crippen LogP contribution in [0.25, 0.3) is 0 Å². The number of aromatic carboxylic acids is 1. The first kappa shape index (κ1) is 15.7. The van der Waals surface area contributed by atoms with Gasteiger partial charge >= 0.3 is 5.97 Å². The van der Waals surface area contributed by atoms with E-state index in [4.69, 9.17) is 5.11 Å². The van der Waals surface area contributed by atoms with Gasteiger partial charge in [-0.25, -0.2) is 4.79 Å². The van der Waals surface area contributed by atoms with Crippen molar-refractivity contribution in [1.82, 2.24) is 10.2 Å². The maximum absolute atomic E-state index is 12.3. The normalized spacial score (nSPS) is 9.90. The number of carbonyl (C=O) groups is 3. The number of nitrogens with zero attached hydrogens (tertiary/aromatic N) is 1. The molecule has 0 saturated carbocycles. The largest absolute Gasteiger partial charge is 0.478 e. The Morgan fingerprint density at radius 3 is 2.25 bits per heavy atom. The molecule has 108 valence electrons. The fourth-order valence-electron chi connectivity index (χ4n) is 1.78. The topological polar surface area (TPSA) is 86.7 Å². The minimum absolute atomic E-state index is 0.0631. The second kappa shape index (κ2) is 7.28. The lowest BCUT2D eigenvalue weighted by Crippen LogP contribution is -2.41. The highest BCUT2D eigenvalue weighted by Gasteiger charge is 2.21. The van der Waals surface area contributed by atoms with E-state index in [0.717, 1.165) is 0 Å². The van der Waals surface area contributed by atoms with Crippen molar-refractivity contribution >= 4 is 17.8 Å². The quantitative estimate of drug-likeness (QED) is 0.812. The molecule has 0 spiro atoms. The molecule has 0 bridgehead atoms. The van der Waals surface area contributed by atoms with Gasteiger partial charge in [0.15, 0.2) is 0 Å². The lowest BCUT2D eigenvalue weighted by Gasteiger charge is -2.21. The fourth-order valence-corrected chi connectivity index (χ4v) is 1.78. The summed E-state index contributed by atoms with van der Waals surface area (Å²) >= 11 is 0. The van der Waals surface area contributed by atoms with Gasteiger partial charge in [-0.05, 0) is 26.0 Å². The molecule has 2 N–H and O–H groups in total. The minimum atomic E-state index is -1.16. The van der Waals surface area contributed by atoms with Gasteiger partial charge in [-0.1, -0.05) is 12.1 Å². The first-order valence-electron chi connectivity index (χ1n) is 6.39. The third kappa shape index (κ3) is 3.81. The second-order valence-corrected chi connectivity index (χ2v) is 4.12. The maximum Gasteiger partial charge on any atom is 0.336 e. The van der Waals surface area contributed by atoms with Gasteiger partial charge in [0.1, 0.15) is 0 Å². The number of rotatable bonds is 6. The molecule has 0 aliphatic heterocycles. The summed E-state index contributed by atoms with van der Waals surface area (Å²) in [6.07, 6.45) is 0. The molecule has 1 aromatic carbocycles. The Morgan fingerprint density at radius 1 is 1.15 bits per heavy atom. The minimum Gasteiger partial charge on any atom is -0.478 e. The van der Waals surface area contributed by atoms with E-state index in [0.29, 0.717) is 13.1 Å². The van der Waals surface area contributed by atoms with E-state index in [-0.39, 0.29) is 23.6 Å². The van der Waals surface area contributed by atoms with E-state index in [2.05, 4.69) is 5.32 Å². The van der Waals surface area contributed by atoms with Gasteiger partial charge in [0.2, 0.25) is 5.91 Å². The number of carboxylic acid groups (broad SMARTS) is 1. The van der Waals surface area contributed by atoms with Crippen LogP contribution in [0.5, 0.6) is 0 Å². The number of likely N-dealkylation sites (N-methyl/N-ethyl adjacent to an activating group) is 2. The van der Waals surface area contributed by atoms with Crippen molar-refractivity contribution < 1.29 is 19.5 Å². The summed E-state index contributed by atoms with van der Waals surface area (Å²) < 4.78 is 0. The smallest absolute Gasteiger partial charge is 0.336 e. The molecule has 0 unspecified atom stereocenters. The molecular formula is C14H18N2O4. The van der Waals surface area contributed by atoms with Crippen molar-refractivity contribution in [2.24, 2.45) is 0 Å². The summed E-state index contributed by atoms with van der Waals surface area (Å²) in [7, 11) is 0. The van der Waals surface area contributed by atoms with E-state index >= 15 is 0 Å². The third-order valence-electron chi connectivity index (χ3n) is 2.77. The molecule has 0 aliphatic carbocycles. The molecule has 0 aliphatic rings. The van der Waals surface area contributed by atoms with Gasteiger partial charge < -0.3 is 15.3 Å². The average molecular weight is 278 g/mol. The lowest BCUT2D eigenvalue weighted by molar-refractivity contribution is -0.121. The molecule has 6 heteroatoms. The standard InChI is InChI=1S/C14H18N2O4/c1-3-15-12(17)9-16(4-2)13(18)10-7-5-6-8-11(10)14(19)20/h5-8H,3-4,9H2,1-2H3,(H,15,17)(H,19,20). The van der Waals surface area contributed by atoms with Gasteiger partial charge in [0.25, 0.3) is 5.91 Å². The summed E-state index contributed by atoms with van der Waals surface area (Å²) in [6, 6.07) is 5.97. The predicted molar refractivity (Wildman–Crippen MR) is 73.7 cm³/mol. The van der Waals surface area contributed by atoms with Gasteiger partial charge in [0, 0.05) is 13.1 Å². The Hall–Kier alpha value is -2.37. The van der Waals surface area contributed by atoms with Crippen molar-refractivity contribution in [3.63, 3.8) is 0 Å². The Bertz CT molecular complexity index is 514. The molecule has 0 heterocycles. The highest BCUT2D eigenvalue weighted by atomic mass is 16.4. The number of benzene rings is 1. The SMILES string of the molecule is CCNC(=O)CN(CC)C(=O)c1ccccc1C(=O)O. The molecular weight excluding hydrogens is 260 g/mol. The van der Waals surface area contributed by atoms with Crippen molar-refractivity contribution in [3.8, 4) is 0 Å². The Kier molecular flexibility index (Phi) is 5.71. The molecule has 2 amide bonds. The van der Waals surface area contributed by atoms with Crippen LogP contribution < -0.4 is 5.32 Å². The number of nitrogens with one attached hydrogen (secondary N) is 1. The van der Waals surface area contributed by atoms with Crippen LogP contribution in [0.15, 0.2) is 24.3 Å². The van der Waals surface area contributed by atoms with Gasteiger partial charge in [-0.2, -0.15) is 0 Å². The molecule has 0 saturated heterocycles. The molecule has 6 nitrogen and oxygen atoms in total. The number of carboxylic acids is 1. The van der Waals surface area contributed by atoms with Gasteiger partial charge in [-0.15, -0.1) is 0 Å². The van der Waals surface area contributed by atoms with Crippen molar-refractivity contribution in [2.45, 2.75) is 13.8 Å². The lowest BCUT2D eigenvalue weighted by atomic mass is 10.1. The van der Waals surface area contributed by atoms with Crippen molar-refractivity contribution in [3.05, 3.63) is 35.4 Å². The van der Waals surface area contributed by atoms with Gasteiger partial charge in [-0.3, -0.25) is 9.59 Å². The van der Waals surface area contributed by atoms with Crippen LogP contribution in [0, 0.1) is 0 Å². The molecule has 20 heavy (non-hydrogen) atoms. The highest BCUT2D eigenvalue weighted by Crippen LogP contribution is 2.12.